The largest absolute Gasteiger partial charge is 0.476 e. The zero-order chi connectivity index (χ0) is 21.5. The summed E-state index contributed by atoms with van der Waals surface area (Å²) in [6.07, 6.45) is -1.65. The van der Waals surface area contributed by atoms with Gasteiger partial charge in [-0.25, -0.2) is 9.59 Å². The molecule has 0 bridgehead atoms. The molecular weight excluding hydrogens is 403 g/mol. The van der Waals surface area contributed by atoms with Crippen LogP contribution in [0.4, 0.5) is 18.0 Å². The van der Waals surface area contributed by atoms with E-state index < -0.39 is 17.7 Å². The molecule has 0 radical (unpaired) electrons. The summed E-state index contributed by atoms with van der Waals surface area (Å²) in [5, 5.41) is 12.7. The number of aromatic carboxylic acids is 1. The maximum atomic E-state index is 12.8. The second kappa shape index (κ2) is 7.75. The van der Waals surface area contributed by atoms with E-state index in [2.05, 4.69) is 5.10 Å². The van der Waals surface area contributed by atoms with Crippen molar-refractivity contribution < 1.29 is 32.6 Å². The van der Waals surface area contributed by atoms with Gasteiger partial charge in [-0.05, 0) is 48.4 Å². The van der Waals surface area contributed by atoms with Crippen molar-refractivity contribution in [2.24, 2.45) is 11.8 Å². The van der Waals surface area contributed by atoms with Crippen molar-refractivity contribution in [2.45, 2.75) is 31.7 Å². The summed E-state index contributed by atoms with van der Waals surface area (Å²) in [6, 6.07) is 6.04. The van der Waals surface area contributed by atoms with Crippen LogP contribution in [0.15, 0.2) is 36.5 Å². The Balaban J connectivity index is 1.29. The van der Waals surface area contributed by atoms with E-state index in [1.54, 1.807) is 11.0 Å². The highest BCUT2D eigenvalue weighted by atomic mass is 19.4. The predicted octanol–water partition coefficient (Wildman–Crippen LogP) is 3.50. The van der Waals surface area contributed by atoms with E-state index in [-0.39, 0.29) is 36.3 Å². The van der Waals surface area contributed by atoms with Gasteiger partial charge in [-0.2, -0.15) is 23.0 Å². The molecule has 2 aromatic rings. The molecule has 1 aromatic carbocycles. The number of aromatic nitrogens is 2. The molecule has 1 amide bonds. The molecule has 1 saturated carbocycles. The zero-order valence-corrected chi connectivity index (χ0v) is 15.9. The third kappa shape index (κ3) is 4.18. The van der Waals surface area contributed by atoms with Gasteiger partial charge in [0.05, 0.1) is 18.3 Å². The molecule has 3 atom stereocenters. The van der Waals surface area contributed by atoms with Crippen LogP contribution in [0.3, 0.4) is 0 Å². The molecule has 10 heteroatoms. The Kier molecular flexibility index (Phi) is 5.27. The zero-order valence-electron chi connectivity index (χ0n) is 15.9. The van der Waals surface area contributed by atoms with Gasteiger partial charge in [0.15, 0.2) is 5.69 Å². The number of carboxylic acid groups (broad SMARTS) is 1. The number of benzene rings is 1. The minimum atomic E-state index is -4.38. The summed E-state index contributed by atoms with van der Waals surface area (Å²) in [5.74, 6) is -0.703. The van der Waals surface area contributed by atoms with E-state index >= 15 is 0 Å². The number of likely N-dealkylation sites (tertiary alicyclic amines) is 1. The average Bonchev–Trinajstić information content (AvgIpc) is 3.40. The number of ether oxygens (including phenoxy) is 1. The lowest BCUT2D eigenvalue weighted by molar-refractivity contribution is -0.137. The summed E-state index contributed by atoms with van der Waals surface area (Å²) in [4.78, 5) is 25.1. The van der Waals surface area contributed by atoms with Gasteiger partial charge in [-0.3, -0.25) is 0 Å². The lowest BCUT2D eigenvalue weighted by Gasteiger charge is -2.19. The number of amides is 1. The summed E-state index contributed by atoms with van der Waals surface area (Å²) < 4.78 is 45.3. The van der Waals surface area contributed by atoms with Gasteiger partial charge >= 0.3 is 18.2 Å². The van der Waals surface area contributed by atoms with Gasteiger partial charge in [0.25, 0.3) is 0 Å². The molecular formula is C20H20F3N3O4. The summed E-state index contributed by atoms with van der Waals surface area (Å²) in [7, 11) is 0. The SMILES string of the molecule is O=C(O)c1ccn(C(=O)N2C[C@H]3C[C@@H](OCc4cccc(C(F)(F)F)c4)C[C@H]3C2)n1. The average molecular weight is 423 g/mol. The summed E-state index contributed by atoms with van der Waals surface area (Å²) in [5.41, 5.74) is -0.400. The molecule has 2 fully saturated rings. The van der Waals surface area contributed by atoms with E-state index in [9.17, 15) is 22.8 Å². The maximum absolute atomic E-state index is 12.8. The minimum absolute atomic E-state index is 0.0601. The monoisotopic (exact) mass is 423 g/mol. The predicted molar refractivity (Wildman–Crippen MR) is 97.8 cm³/mol. The van der Waals surface area contributed by atoms with Crippen molar-refractivity contribution in [3.8, 4) is 0 Å². The number of alkyl halides is 3. The molecule has 1 N–H and O–H groups in total. The third-order valence-electron chi connectivity index (χ3n) is 5.72. The van der Waals surface area contributed by atoms with Crippen LogP contribution in [0, 0.1) is 11.8 Å². The van der Waals surface area contributed by atoms with Crippen LogP contribution >= 0.6 is 0 Å². The number of rotatable bonds is 4. The molecule has 0 spiro atoms. The normalized spacial score (nSPS) is 23.6. The second-order valence-electron chi connectivity index (χ2n) is 7.76. The summed E-state index contributed by atoms with van der Waals surface area (Å²) in [6.45, 7) is 1.16. The first-order valence-electron chi connectivity index (χ1n) is 9.56. The van der Waals surface area contributed by atoms with Crippen LogP contribution in [0.5, 0.6) is 0 Å². The van der Waals surface area contributed by atoms with Crippen LogP contribution < -0.4 is 0 Å². The Morgan fingerprint density at radius 2 is 1.87 bits per heavy atom. The first-order valence-corrected chi connectivity index (χ1v) is 9.56. The van der Waals surface area contributed by atoms with Crippen LogP contribution in [-0.4, -0.2) is 51.0 Å². The molecule has 2 aliphatic rings. The second-order valence-corrected chi connectivity index (χ2v) is 7.76. The van der Waals surface area contributed by atoms with Crippen molar-refractivity contribution in [3.05, 3.63) is 53.3 Å². The van der Waals surface area contributed by atoms with Crippen molar-refractivity contribution in [2.75, 3.05) is 13.1 Å². The van der Waals surface area contributed by atoms with Gasteiger partial charge < -0.3 is 14.7 Å². The Morgan fingerprint density at radius 3 is 2.47 bits per heavy atom. The minimum Gasteiger partial charge on any atom is -0.476 e. The van der Waals surface area contributed by atoms with Gasteiger partial charge in [0.2, 0.25) is 0 Å². The fraction of sp³-hybridized carbons (Fsp3) is 0.450. The van der Waals surface area contributed by atoms with Gasteiger partial charge in [-0.15, -0.1) is 0 Å². The van der Waals surface area contributed by atoms with E-state index in [1.165, 1.54) is 18.3 Å². The lowest BCUT2D eigenvalue weighted by atomic mass is 10.0. The number of carboxylic acids is 1. The van der Waals surface area contributed by atoms with Gasteiger partial charge in [0.1, 0.15) is 0 Å². The van der Waals surface area contributed by atoms with Crippen LogP contribution in [0.1, 0.15) is 34.5 Å². The van der Waals surface area contributed by atoms with Gasteiger partial charge in [-0.1, -0.05) is 12.1 Å². The Morgan fingerprint density at radius 1 is 1.17 bits per heavy atom. The molecule has 2 heterocycles. The number of carbonyl (C=O) groups excluding carboxylic acids is 1. The highest BCUT2D eigenvalue weighted by molar-refractivity contribution is 5.86. The third-order valence-corrected chi connectivity index (χ3v) is 5.72. The number of carbonyl (C=O) groups is 2. The Labute approximate surface area is 170 Å². The van der Waals surface area contributed by atoms with Crippen molar-refractivity contribution in [1.29, 1.82) is 0 Å². The summed E-state index contributed by atoms with van der Waals surface area (Å²) >= 11 is 0. The first-order chi connectivity index (χ1) is 14.2. The molecule has 30 heavy (non-hydrogen) atoms. The van der Waals surface area contributed by atoms with Crippen LogP contribution in [0.2, 0.25) is 0 Å². The Bertz CT molecular complexity index is 945. The quantitative estimate of drug-likeness (QED) is 0.814. The van der Waals surface area contributed by atoms with E-state index in [0.29, 0.717) is 18.7 Å². The van der Waals surface area contributed by atoms with Crippen LogP contribution in [0.25, 0.3) is 0 Å². The number of nitrogens with zero attached hydrogens (tertiary/aromatic N) is 3. The number of hydrogen-bond donors (Lipinski definition) is 1. The smallest absolute Gasteiger partial charge is 0.416 e. The molecule has 7 nitrogen and oxygen atoms in total. The first kappa shape index (κ1) is 20.4. The Hall–Kier alpha value is -2.88. The van der Waals surface area contributed by atoms with Crippen molar-refractivity contribution in [3.63, 3.8) is 0 Å². The fourth-order valence-electron chi connectivity index (χ4n) is 4.28. The molecule has 1 aromatic heterocycles. The topological polar surface area (TPSA) is 84.7 Å². The number of hydrogen-bond acceptors (Lipinski definition) is 4. The lowest BCUT2D eigenvalue weighted by Crippen LogP contribution is -2.34. The molecule has 1 aliphatic carbocycles. The number of fused-ring (bicyclic) bond motifs is 1. The van der Waals surface area contributed by atoms with Crippen molar-refractivity contribution >= 4 is 12.0 Å². The molecule has 4 rings (SSSR count). The highest BCUT2D eigenvalue weighted by Crippen LogP contribution is 2.40. The molecule has 1 aliphatic heterocycles. The maximum Gasteiger partial charge on any atom is 0.416 e. The standard InChI is InChI=1S/C20H20F3N3O4/c21-20(22,23)15-3-1-2-12(6-15)11-30-16-7-13-9-25(10-14(13)8-16)19(29)26-5-4-17(24-26)18(27)28/h1-6,13-14,16H,7-11H2,(H,27,28)/t13-,14+,16-. The fourth-order valence-corrected chi connectivity index (χ4v) is 4.28. The molecule has 160 valence electrons. The van der Waals surface area contributed by atoms with E-state index in [4.69, 9.17) is 9.84 Å². The van der Waals surface area contributed by atoms with E-state index in [1.807, 2.05) is 0 Å². The van der Waals surface area contributed by atoms with Crippen LogP contribution in [-0.2, 0) is 17.5 Å². The van der Waals surface area contributed by atoms with Gasteiger partial charge in [0, 0.05) is 19.3 Å². The highest BCUT2D eigenvalue weighted by Gasteiger charge is 2.43. The number of halogens is 3. The molecule has 0 unspecified atom stereocenters. The van der Waals surface area contributed by atoms with E-state index in [0.717, 1.165) is 29.7 Å². The van der Waals surface area contributed by atoms with Crippen molar-refractivity contribution in [1.82, 2.24) is 14.7 Å². The molecule has 1 saturated heterocycles.